The molecule has 0 unspecified atom stereocenters. The molecule has 0 aliphatic rings. The number of pyridine rings is 2. The zero-order chi connectivity index (χ0) is 27.1. The van der Waals surface area contributed by atoms with Crippen LogP contribution in [0.4, 0.5) is 17.1 Å². The number of halogens is 1. The first-order valence-corrected chi connectivity index (χ1v) is 13.3. The molecule has 0 amide bonds. The molecule has 0 spiro atoms. The molecule has 0 saturated heterocycles. The van der Waals surface area contributed by atoms with Gasteiger partial charge >= 0.3 is 0 Å². The molecule has 0 saturated carbocycles. The molecule has 0 aliphatic heterocycles. The normalized spacial score (nSPS) is 9.77. The summed E-state index contributed by atoms with van der Waals surface area (Å²) in [4.78, 5) is 8.21. The third kappa shape index (κ3) is 9.26. The Balaban J connectivity index is 0.000000152. The van der Waals surface area contributed by atoms with Crippen molar-refractivity contribution in [3.05, 3.63) is 163 Å². The number of nitrogen functional groups attached to an aromatic ring is 1. The lowest BCUT2D eigenvalue weighted by Crippen LogP contribution is -1.89. The van der Waals surface area contributed by atoms with Crippen LogP contribution >= 0.6 is 15.9 Å². The predicted molar refractivity (Wildman–Crippen MR) is 168 cm³/mol. The third-order valence-corrected chi connectivity index (χ3v) is 6.11. The number of rotatable bonds is 4. The van der Waals surface area contributed by atoms with E-state index in [1.165, 1.54) is 11.1 Å². The molecular formula is C34H29BrN4. The van der Waals surface area contributed by atoms with Crippen molar-refractivity contribution >= 4 is 33.0 Å². The second-order valence-electron chi connectivity index (χ2n) is 8.47. The van der Waals surface area contributed by atoms with Crippen LogP contribution in [0, 0.1) is 0 Å². The van der Waals surface area contributed by atoms with Crippen LogP contribution < -0.4 is 11.1 Å². The molecule has 0 bridgehead atoms. The number of hydrogen-bond donors (Lipinski definition) is 2. The summed E-state index contributed by atoms with van der Waals surface area (Å²) in [5.74, 6) is 0. The zero-order valence-corrected chi connectivity index (χ0v) is 22.9. The summed E-state index contributed by atoms with van der Waals surface area (Å²) in [5.41, 5.74) is 13.0. The van der Waals surface area contributed by atoms with Gasteiger partial charge in [0.25, 0.3) is 0 Å². The summed E-state index contributed by atoms with van der Waals surface area (Å²) in [6, 6.07) is 44.2. The van der Waals surface area contributed by atoms with Gasteiger partial charge in [0.2, 0.25) is 0 Å². The Morgan fingerprint density at radius 3 is 1.36 bits per heavy atom. The number of hydrogen-bond acceptors (Lipinski definition) is 4. The number of aromatic nitrogens is 2. The molecule has 3 N–H and O–H groups in total. The molecule has 6 aromatic rings. The van der Waals surface area contributed by atoms with Gasteiger partial charge in [-0.2, -0.15) is 0 Å². The van der Waals surface area contributed by atoms with E-state index in [4.69, 9.17) is 5.73 Å². The van der Waals surface area contributed by atoms with Gasteiger partial charge in [0.15, 0.2) is 0 Å². The maximum atomic E-state index is 5.36. The number of nitrogens with zero attached hydrogens (tertiary/aromatic N) is 2. The van der Waals surface area contributed by atoms with Gasteiger partial charge in [0, 0.05) is 46.3 Å². The van der Waals surface area contributed by atoms with Crippen LogP contribution in [0.15, 0.2) is 163 Å². The van der Waals surface area contributed by atoms with E-state index < -0.39 is 0 Å². The standard InChI is InChI=1S/C17H14N2.C11H8BrN.C6H7N/c1-2-6-16(7-3-1)19-17-10-8-14(9-11-17)15-5-4-12-18-13-15;12-11-5-3-9(4-6-11)10-2-1-7-13-8-10;7-6-4-2-1-3-5-6/h1-13,19H;1-8H;1-5H,7H2. The molecule has 2 aromatic heterocycles. The fraction of sp³-hybridized carbons (Fsp3) is 0. The summed E-state index contributed by atoms with van der Waals surface area (Å²) < 4.78 is 1.10. The largest absolute Gasteiger partial charge is 0.399 e. The maximum absolute atomic E-state index is 5.36. The molecule has 4 nitrogen and oxygen atoms in total. The molecule has 0 aliphatic carbocycles. The Bertz CT molecular complexity index is 1490. The topological polar surface area (TPSA) is 63.8 Å². The number of nitrogens with two attached hydrogens (primary N) is 1. The van der Waals surface area contributed by atoms with Gasteiger partial charge in [-0.3, -0.25) is 9.97 Å². The Labute approximate surface area is 238 Å². The first-order chi connectivity index (χ1) is 19.2. The lowest BCUT2D eigenvalue weighted by atomic mass is 10.1. The van der Waals surface area contributed by atoms with Crippen molar-refractivity contribution in [2.45, 2.75) is 0 Å². The summed E-state index contributed by atoms with van der Waals surface area (Å²) >= 11 is 3.40. The monoisotopic (exact) mass is 572 g/mol. The van der Waals surface area contributed by atoms with Crippen LogP contribution in [0.3, 0.4) is 0 Å². The van der Waals surface area contributed by atoms with Crippen LogP contribution in [0.1, 0.15) is 0 Å². The SMILES string of the molecule is Brc1ccc(-c2cccnc2)cc1.Nc1ccccc1.c1ccc(Nc2ccc(-c3cccnc3)cc2)cc1. The van der Waals surface area contributed by atoms with Crippen molar-refractivity contribution in [3.63, 3.8) is 0 Å². The molecule has 39 heavy (non-hydrogen) atoms. The van der Waals surface area contributed by atoms with E-state index in [0.29, 0.717) is 0 Å². The zero-order valence-electron chi connectivity index (χ0n) is 21.4. The minimum absolute atomic E-state index is 0.822. The highest BCUT2D eigenvalue weighted by Crippen LogP contribution is 2.23. The summed E-state index contributed by atoms with van der Waals surface area (Å²) in [6.07, 6.45) is 7.31. The second kappa shape index (κ2) is 14.9. The van der Waals surface area contributed by atoms with Gasteiger partial charge in [0.1, 0.15) is 0 Å². The molecule has 0 atom stereocenters. The molecule has 6 rings (SSSR count). The van der Waals surface area contributed by atoms with E-state index in [0.717, 1.165) is 32.7 Å². The average molecular weight is 574 g/mol. The molecule has 192 valence electrons. The van der Waals surface area contributed by atoms with E-state index in [1.807, 2.05) is 85.2 Å². The highest BCUT2D eigenvalue weighted by atomic mass is 79.9. The molecule has 5 heteroatoms. The van der Waals surface area contributed by atoms with E-state index in [-0.39, 0.29) is 0 Å². The first kappa shape index (κ1) is 27.3. The number of benzene rings is 4. The Hall–Kier alpha value is -4.74. The van der Waals surface area contributed by atoms with Crippen LogP contribution in [0.25, 0.3) is 22.3 Å². The smallest absolute Gasteiger partial charge is 0.0384 e. The summed E-state index contributed by atoms with van der Waals surface area (Å²) in [7, 11) is 0. The van der Waals surface area contributed by atoms with Crippen LogP contribution in [-0.4, -0.2) is 9.97 Å². The van der Waals surface area contributed by atoms with Crippen molar-refractivity contribution in [1.29, 1.82) is 0 Å². The van der Waals surface area contributed by atoms with Gasteiger partial charge in [-0.25, -0.2) is 0 Å². The number of nitrogens with one attached hydrogen (secondary N) is 1. The lowest BCUT2D eigenvalue weighted by Gasteiger charge is -2.07. The highest BCUT2D eigenvalue weighted by Gasteiger charge is 1.98. The van der Waals surface area contributed by atoms with Crippen LogP contribution in [-0.2, 0) is 0 Å². The fourth-order valence-corrected chi connectivity index (χ4v) is 3.86. The molecule has 4 aromatic carbocycles. The molecule has 0 fully saturated rings. The van der Waals surface area contributed by atoms with Crippen LogP contribution in [0.5, 0.6) is 0 Å². The van der Waals surface area contributed by atoms with Crippen molar-refractivity contribution in [2.75, 3.05) is 11.1 Å². The Morgan fingerprint density at radius 2 is 0.923 bits per heavy atom. The number of para-hydroxylation sites is 2. The van der Waals surface area contributed by atoms with Gasteiger partial charge in [0.05, 0.1) is 0 Å². The summed E-state index contributed by atoms with van der Waals surface area (Å²) in [5, 5.41) is 3.37. The Kier molecular flexibility index (Phi) is 10.4. The molecular weight excluding hydrogens is 544 g/mol. The first-order valence-electron chi connectivity index (χ1n) is 12.5. The highest BCUT2D eigenvalue weighted by molar-refractivity contribution is 9.10. The lowest BCUT2D eigenvalue weighted by molar-refractivity contribution is 1.33. The van der Waals surface area contributed by atoms with Crippen molar-refractivity contribution < 1.29 is 0 Å². The molecule has 0 radical (unpaired) electrons. The average Bonchev–Trinajstić information content (AvgIpc) is 3.00. The van der Waals surface area contributed by atoms with Crippen LogP contribution in [0.2, 0.25) is 0 Å². The van der Waals surface area contributed by atoms with Gasteiger partial charge in [-0.1, -0.05) is 88.7 Å². The van der Waals surface area contributed by atoms with E-state index in [9.17, 15) is 0 Å². The number of anilines is 3. The minimum Gasteiger partial charge on any atom is -0.399 e. The Morgan fingerprint density at radius 1 is 0.462 bits per heavy atom. The van der Waals surface area contributed by atoms with E-state index in [2.05, 4.69) is 91.9 Å². The maximum Gasteiger partial charge on any atom is 0.0384 e. The van der Waals surface area contributed by atoms with E-state index in [1.54, 1.807) is 12.4 Å². The van der Waals surface area contributed by atoms with Gasteiger partial charge in [-0.05, 0) is 82.9 Å². The van der Waals surface area contributed by atoms with Gasteiger partial charge < -0.3 is 11.1 Å². The second-order valence-corrected chi connectivity index (χ2v) is 9.39. The fourth-order valence-electron chi connectivity index (χ4n) is 3.60. The van der Waals surface area contributed by atoms with Crippen molar-refractivity contribution in [2.24, 2.45) is 0 Å². The van der Waals surface area contributed by atoms with E-state index >= 15 is 0 Å². The predicted octanol–water partition coefficient (Wildman–Crippen LogP) is 9.27. The molecule has 2 heterocycles. The summed E-state index contributed by atoms with van der Waals surface area (Å²) in [6.45, 7) is 0. The van der Waals surface area contributed by atoms with Crippen molar-refractivity contribution in [1.82, 2.24) is 9.97 Å². The third-order valence-electron chi connectivity index (χ3n) is 5.58. The minimum atomic E-state index is 0.822. The van der Waals surface area contributed by atoms with Gasteiger partial charge in [-0.15, -0.1) is 0 Å². The van der Waals surface area contributed by atoms with Crippen molar-refractivity contribution in [3.8, 4) is 22.3 Å². The quantitative estimate of drug-likeness (QED) is 0.206.